The largest absolute Gasteiger partial charge is 0.253 e. The van der Waals surface area contributed by atoms with Crippen molar-refractivity contribution in [2.45, 2.75) is 0 Å². The highest BCUT2D eigenvalue weighted by Gasteiger charge is 1.97. The monoisotopic (exact) mass is 133 g/mol. The van der Waals surface area contributed by atoms with Crippen molar-refractivity contribution in [1.29, 1.82) is 0 Å². The summed E-state index contributed by atoms with van der Waals surface area (Å²) < 4.78 is 0. The normalized spacial score (nSPS) is 17.8. The van der Waals surface area contributed by atoms with Gasteiger partial charge in [-0.3, -0.25) is 5.21 Å². The van der Waals surface area contributed by atoms with Crippen molar-refractivity contribution >= 4 is 17.8 Å². The predicted molar refractivity (Wildman–Crippen MR) is 29.2 cm³/mol. The molecule has 0 atom stereocenters. The zero-order valence-corrected chi connectivity index (χ0v) is 4.63. The number of nitrogens with zero attached hydrogens (tertiary/aromatic N) is 2. The first kappa shape index (κ1) is 5.40. The van der Waals surface area contributed by atoms with Crippen LogP contribution in [-0.2, 0) is 0 Å². The van der Waals surface area contributed by atoms with Crippen molar-refractivity contribution in [3.63, 3.8) is 0 Å². The molecule has 0 amide bonds. The maximum Gasteiger partial charge on any atom is 0.126 e. The second kappa shape index (κ2) is 2.02. The van der Waals surface area contributed by atoms with Gasteiger partial charge in [0.05, 0.1) is 6.21 Å². The van der Waals surface area contributed by atoms with E-state index in [2.05, 4.69) is 10.5 Å². The van der Waals surface area contributed by atoms with Gasteiger partial charge in [-0.1, -0.05) is 16.9 Å². The van der Waals surface area contributed by atoms with Crippen LogP contribution in [0.2, 0.25) is 0 Å². The minimum atomic E-state index is 0.336. The van der Waals surface area contributed by atoms with Crippen LogP contribution in [0.3, 0.4) is 0 Å². The predicted octanol–water partition coefficient (Wildman–Crippen LogP) is 0.262. The van der Waals surface area contributed by atoms with E-state index in [1.165, 1.54) is 12.3 Å². The molecule has 4 nitrogen and oxygen atoms in total. The Bertz CT molecular complexity index is 143. The lowest BCUT2D eigenvalue weighted by Gasteiger charge is -2.13. The summed E-state index contributed by atoms with van der Waals surface area (Å²) in [5.41, 5.74) is 2.30. The molecule has 0 radical (unpaired) electrons. The fourth-order valence-electron chi connectivity index (χ4n) is 0.324. The molecule has 1 heterocycles. The van der Waals surface area contributed by atoms with Gasteiger partial charge in [-0.15, -0.1) is 5.10 Å². The van der Waals surface area contributed by atoms with E-state index < -0.39 is 0 Å². The van der Waals surface area contributed by atoms with Crippen molar-refractivity contribution in [3.05, 3.63) is 11.2 Å². The second-order valence-electron chi connectivity index (χ2n) is 1.18. The Labute approximate surface area is 51.0 Å². The van der Waals surface area contributed by atoms with Crippen molar-refractivity contribution < 1.29 is 5.21 Å². The lowest BCUT2D eigenvalue weighted by atomic mass is 10.6. The van der Waals surface area contributed by atoms with E-state index in [4.69, 9.17) is 16.8 Å². The summed E-state index contributed by atoms with van der Waals surface area (Å²) in [6.45, 7) is 0. The second-order valence-corrected chi connectivity index (χ2v) is 1.59. The highest BCUT2D eigenvalue weighted by Crippen LogP contribution is 1.98. The van der Waals surface area contributed by atoms with Crippen LogP contribution in [0.4, 0.5) is 0 Å². The van der Waals surface area contributed by atoms with Gasteiger partial charge in [-0.05, 0) is 6.08 Å². The molecule has 1 aliphatic rings. The zero-order chi connectivity index (χ0) is 5.98. The first-order valence-corrected chi connectivity index (χ1v) is 2.32. The Morgan fingerprint density at radius 3 is 3.00 bits per heavy atom. The van der Waals surface area contributed by atoms with Crippen LogP contribution < -0.4 is 5.43 Å². The average Bonchev–Trinajstić information content (AvgIpc) is 1.64. The Kier molecular flexibility index (Phi) is 1.36. The van der Waals surface area contributed by atoms with Gasteiger partial charge in [0.25, 0.3) is 0 Å². The molecule has 8 heavy (non-hydrogen) atoms. The van der Waals surface area contributed by atoms with Crippen LogP contribution in [0.25, 0.3) is 0 Å². The Hall–Kier alpha value is -0.740. The van der Waals surface area contributed by atoms with E-state index in [9.17, 15) is 0 Å². The molecule has 0 saturated heterocycles. The number of allylic oxidation sites excluding steroid dienone is 1. The molecular formula is C3H4ClN3O. The molecule has 0 unspecified atom stereocenters. The molecule has 0 fully saturated rings. The smallest absolute Gasteiger partial charge is 0.126 e. The van der Waals surface area contributed by atoms with Crippen LogP contribution in [0.5, 0.6) is 0 Å². The molecule has 0 bridgehead atoms. The van der Waals surface area contributed by atoms with Crippen molar-refractivity contribution in [1.82, 2.24) is 10.7 Å². The molecule has 0 aromatic heterocycles. The lowest BCUT2D eigenvalue weighted by Crippen LogP contribution is -2.30. The minimum Gasteiger partial charge on any atom is -0.253 e. The molecule has 0 aromatic rings. The van der Waals surface area contributed by atoms with Gasteiger partial charge in [0.15, 0.2) is 0 Å². The van der Waals surface area contributed by atoms with Gasteiger partial charge in [-0.2, -0.15) is 0 Å². The summed E-state index contributed by atoms with van der Waals surface area (Å²) in [6, 6.07) is 0. The van der Waals surface area contributed by atoms with E-state index in [0.29, 0.717) is 10.4 Å². The SMILES string of the molecule is ON1N=CC=C(Cl)N1. The standard InChI is InChI=1S/C3H4ClN3O/c4-3-1-2-5-7(8)6-3/h1-2,6,8H. The highest BCUT2D eigenvalue weighted by atomic mass is 35.5. The Balaban J connectivity index is 2.59. The summed E-state index contributed by atoms with van der Waals surface area (Å²) in [5, 5.41) is 12.7. The topological polar surface area (TPSA) is 47.9 Å². The van der Waals surface area contributed by atoms with Gasteiger partial charge in [0.2, 0.25) is 0 Å². The summed E-state index contributed by atoms with van der Waals surface area (Å²) in [4.78, 5) is 0. The van der Waals surface area contributed by atoms with E-state index >= 15 is 0 Å². The molecule has 5 heteroatoms. The summed E-state index contributed by atoms with van der Waals surface area (Å²) in [7, 11) is 0. The highest BCUT2D eigenvalue weighted by molar-refractivity contribution is 6.30. The van der Waals surface area contributed by atoms with E-state index in [-0.39, 0.29) is 0 Å². The van der Waals surface area contributed by atoms with Crippen LogP contribution >= 0.6 is 11.6 Å². The molecular weight excluding hydrogens is 130 g/mol. The third kappa shape index (κ3) is 1.11. The van der Waals surface area contributed by atoms with Gasteiger partial charge in [0.1, 0.15) is 5.16 Å². The molecule has 2 N–H and O–H groups in total. The van der Waals surface area contributed by atoms with Crippen LogP contribution in [0.1, 0.15) is 0 Å². The van der Waals surface area contributed by atoms with Crippen molar-refractivity contribution in [3.8, 4) is 0 Å². The van der Waals surface area contributed by atoms with Crippen molar-refractivity contribution in [2.24, 2.45) is 5.10 Å². The number of hydrogen-bond donors (Lipinski definition) is 2. The molecule has 1 aliphatic heterocycles. The third-order valence-corrected chi connectivity index (χ3v) is 0.814. The molecule has 0 spiro atoms. The number of hydrogen-bond acceptors (Lipinski definition) is 4. The van der Waals surface area contributed by atoms with Crippen LogP contribution in [-0.4, -0.2) is 16.7 Å². The van der Waals surface area contributed by atoms with Crippen LogP contribution in [0.15, 0.2) is 16.3 Å². The maximum atomic E-state index is 8.48. The Morgan fingerprint density at radius 2 is 2.62 bits per heavy atom. The average molecular weight is 134 g/mol. The van der Waals surface area contributed by atoms with E-state index in [0.717, 1.165) is 0 Å². The fraction of sp³-hybridized carbons (Fsp3) is 0. The molecule has 0 aromatic carbocycles. The van der Waals surface area contributed by atoms with E-state index in [1.54, 1.807) is 0 Å². The first-order valence-electron chi connectivity index (χ1n) is 1.94. The molecule has 0 saturated carbocycles. The van der Waals surface area contributed by atoms with Crippen molar-refractivity contribution in [2.75, 3.05) is 0 Å². The molecule has 1 rings (SSSR count). The third-order valence-electron chi connectivity index (χ3n) is 0.604. The minimum absolute atomic E-state index is 0.336. The van der Waals surface area contributed by atoms with Gasteiger partial charge >= 0.3 is 0 Å². The van der Waals surface area contributed by atoms with Crippen LogP contribution in [0, 0.1) is 0 Å². The number of hydrazone groups is 1. The van der Waals surface area contributed by atoms with Gasteiger partial charge < -0.3 is 0 Å². The number of hydrazine groups is 1. The lowest BCUT2D eigenvalue weighted by molar-refractivity contribution is -0.125. The summed E-state index contributed by atoms with van der Waals surface area (Å²) in [5.74, 6) is 0. The summed E-state index contributed by atoms with van der Waals surface area (Å²) in [6.07, 6.45) is 2.90. The first-order chi connectivity index (χ1) is 3.79. The fourth-order valence-corrected chi connectivity index (χ4v) is 0.456. The summed E-state index contributed by atoms with van der Waals surface area (Å²) >= 11 is 5.37. The van der Waals surface area contributed by atoms with E-state index in [1.807, 2.05) is 0 Å². The number of rotatable bonds is 0. The van der Waals surface area contributed by atoms with Gasteiger partial charge in [-0.25, -0.2) is 5.43 Å². The molecule has 0 aliphatic carbocycles. The quantitative estimate of drug-likeness (QED) is 0.466. The number of halogens is 1. The Morgan fingerprint density at radius 1 is 1.88 bits per heavy atom. The zero-order valence-electron chi connectivity index (χ0n) is 3.87. The number of nitrogens with one attached hydrogen (secondary N) is 1. The maximum absolute atomic E-state index is 8.48. The molecule has 44 valence electrons. The van der Waals surface area contributed by atoms with Gasteiger partial charge in [0, 0.05) is 0 Å².